The Morgan fingerprint density at radius 3 is 2.83 bits per heavy atom. The van der Waals surface area contributed by atoms with E-state index in [2.05, 4.69) is 11.9 Å². The van der Waals surface area contributed by atoms with Gasteiger partial charge in [0, 0.05) is 24.6 Å². The molecule has 0 spiro atoms. The number of piperidine rings is 1. The highest BCUT2D eigenvalue weighted by molar-refractivity contribution is 4.98. The fraction of sp³-hybridized carbons (Fsp3) is 1.00. The van der Waals surface area contributed by atoms with Crippen molar-refractivity contribution in [2.45, 2.75) is 37.5 Å². The fourth-order valence-corrected chi connectivity index (χ4v) is 2.79. The zero-order valence-corrected chi connectivity index (χ0v) is 7.48. The van der Waals surface area contributed by atoms with Gasteiger partial charge in [0.05, 0.1) is 6.10 Å². The van der Waals surface area contributed by atoms with Gasteiger partial charge < -0.3 is 10.2 Å². The maximum absolute atomic E-state index is 9.68. The van der Waals surface area contributed by atoms with Gasteiger partial charge in [0.2, 0.25) is 0 Å². The molecule has 2 rings (SSSR count). The molecule has 2 N–H and O–H groups in total. The van der Waals surface area contributed by atoms with Crippen molar-refractivity contribution in [2.24, 2.45) is 5.92 Å². The zero-order chi connectivity index (χ0) is 8.72. The summed E-state index contributed by atoms with van der Waals surface area (Å²) >= 11 is 0. The molecule has 2 heterocycles. The standard InChI is InChI=1S/C9H17NO2/c1-10-6-2-3-8(10)7(5-11)9(12)4-6/h6-9,11-12H,2-5H2,1H3/t6-,7-,8+,9+/m0/s1. The average Bonchev–Trinajstić information content (AvgIpc) is 2.34. The number of hydrogen-bond donors (Lipinski definition) is 2. The SMILES string of the molecule is CN1[C@H]2CC[C@@H]1[C@H](CO)[C@H](O)C2. The highest BCUT2D eigenvalue weighted by Crippen LogP contribution is 2.37. The third-order valence-corrected chi connectivity index (χ3v) is 3.61. The molecule has 2 fully saturated rings. The molecule has 0 radical (unpaired) electrons. The van der Waals surface area contributed by atoms with E-state index >= 15 is 0 Å². The molecule has 2 bridgehead atoms. The van der Waals surface area contributed by atoms with Crippen LogP contribution in [0.25, 0.3) is 0 Å². The topological polar surface area (TPSA) is 43.7 Å². The predicted octanol–water partition coefficient (Wildman–Crippen LogP) is -0.178. The van der Waals surface area contributed by atoms with E-state index in [0.29, 0.717) is 12.1 Å². The Hall–Kier alpha value is -0.120. The van der Waals surface area contributed by atoms with E-state index in [-0.39, 0.29) is 18.6 Å². The lowest BCUT2D eigenvalue weighted by Crippen LogP contribution is -2.50. The molecule has 2 aliphatic heterocycles. The summed E-state index contributed by atoms with van der Waals surface area (Å²) in [5, 5.41) is 18.8. The normalized spacial score (nSPS) is 48.2. The van der Waals surface area contributed by atoms with Gasteiger partial charge in [-0.3, -0.25) is 4.90 Å². The molecule has 0 unspecified atom stereocenters. The van der Waals surface area contributed by atoms with Crippen molar-refractivity contribution in [1.82, 2.24) is 4.90 Å². The number of hydrogen-bond acceptors (Lipinski definition) is 3. The van der Waals surface area contributed by atoms with Crippen LogP contribution in [0, 0.1) is 5.92 Å². The minimum atomic E-state index is -0.274. The predicted molar refractivity (Wildman–Crippen MR) is 45.8 cm³/mol. The quantitative estimate of drug-likeness (QED) is 0.575. The Balaban J connectivity index is 2.14. The molecule has 2 saturated heterocycles. The van der Waals surface area contributed by atoms with Gasteiger partial charge in [-0.1, -0.05) is 0 Å². The summed E-state index contributed by atoms with van der Waals surface area (Å²) in [7, 11) is 2.11. The van der Waals surface area contributed by atoms with Crippen molar-refractivity contribution < 1.29 is 10.2 Å². The van der Waals surface area contributed by atoms with E-state index in [0.717, 1.165) is 12.8 Å². The highest BCUT2D eigenvalue weighted by atomic mass is 16.3. The molecule has 3 nitrogen and oxygen atoms in total. The molecule has 70 valence electrons. The van der Waals surface area contributed by atoms with Crippen LogP contribution in [-0.4, -0.2) is 47.0 Å². The molecule has 0 amide bonds. The van der Waals surface area contributed by atoms with Gasteiger partial charge >= 0.3 is 0 Å². The van der Waals surface area contributed by atoms with E-state index in [4.69, 9.17) is 5.11 Å². The van der Waals surface area contributed by atoms with Crippen LogP contribution < -0.4 is 0 Å². The van der Waals surface area contributed by atoms with Gasteiger partial charge in [-0.05, 0) is 26.3 Å². The average molecular weight is 171 g/mol. The maximum Gasteiger partial charge on any atom is 0.0620 e. The first-order valence-corrected chi connectivity index (χ1v) is 4.75. The molecule has 0 aromatic heterocycles. The summed E-state index contributed by atoms with van der Waals surface area (Å²) in [5.41, 5.74) is 0. The van der Waals surface area contributed by atoms with Crippen LogP contribution in [0.2, 0.25) is 0 Å². The van der Waals surface area contributed by atoms with E-state index in [1.165, 1.54) is 6.42 Å². The second-order valence-electron chi connectivity index (χ2n) is 4.11. The van der Waals surface area contributed by atoms with Crippen LogP contribution >= 0.6 is 0 Å². The van der Waals surface area contributed by atoms with Crippen LogP contribution in [-0.2, 0) is 0 Å². The fourth-order valence-electron chi connectivity index (χ4n) is 2.79. The van der Waals surface area contributed by atoms with Gasteiger partial charge in [-0.2, -0.15) is 0 Å². The summed E-state index contributed by atoms with van der Waals surface area (Å²) in [6, 6.07) is 0.983. The van der Waals surface area contributed by atoms with Crippen LogP contribution in [0.15, 0.2) is 0 Å². The van der Waals surface area contributed by atoms with Gasteiger partial charge in [-0.15, -0.1) is 0 Å². The van der Waals surface area contributed by atoms with Crippen molar-refractivity contribution in [3.8, 4) is 0 Å². The number of rotatable bonds is 1. The molecular formula is C9H17NO2. The van der Waals surface area contributed by atoms with Crippen LogP contribution in [0.4, 0.5) is 0 Å². The Labute approximate surface area is 73.0 Å². The van der Waals surface area contributed by atoms with Crippen molar-refractivity contribution in [3.05, 3.63) is 0 Å². The van der Waals surface area contributed by atoms with Crippen molar-refractivity contribution in [3.63, 3.8) is 0 Å². The van der Waals surface area contributed by atoms with Crippen LogP contribution in [0.3, 0.4) is 0 Å². The van der Waals surface area contributed by atoms with Crippen molar-refractivity contribution in [1.29, 1.82) is 0 Å². The van der Waals surface area contributed by atoms with E-state index in [1.54, 1.807) is 0 Å². The Morgan fingerprint density at radius 1 is 1.42 bits per heavy atom. The minimum Gasteiger partial charge on any atom is -0.396 e. The van der Waals surface area contributed by atoms with Crippen molar-refractivity contribution >= 4 is 0 Å². The molecule has 0 aromatic carbocycles. The Kier molecular flexibility index (Phi) is 2.10. The lowest BCUT2D eigenvalue weighted by Gasteiger charge is -2.39. The van der Waals surface area contributed by atoms with E-state index in [9.17, 15) is 5.11 Å². The molecule has 2 aliphatic rings. The second-order valence-corrected chi connectivity index (χ2v) is 4.11. The maximum atomic E-state index is 9.68. The Bertz CT molecular complexity index is 174. The third-order valence-electron chi connectivity index (χ3n) is 3.61. The molecule has 12 heavy (non-hydrogen) atoms. The van der Waals surface area contributed by atoms with Crippen LogP contribution in [0.1, 0.15) is 19.3 Å². The number of nitrogens with zero attached hydrogens (tertiary/aromatic N) is 1. The highest BCUT2D eigenvalue weighted by Gasteiger charge is 2.44. The smallest absolute Gasteiger partial charge is 0.0620 e. The minimum absolute atomic E-state index is 0.0914. The second kappa shape index (κ2) is 2.98. The molecule has 0 saturated carbocycles. The zero-order valence-electron chi connectivity index (χ0n) is 7.48. The third kappa shape index (κ3) is 1.08. The molecule has 0 aromatic rings. The lowest BCUT2D eigenvalue weighted by atomic mass is 9.88. The monoisotopic (exact) mass is 171 g/mol. The van der Waals surface area contributed by atoms with Gasteiger partial charge in [-0.25, -0.2) is 0 Å². The van der Waals surface area contributed by atoms with Gasteiger partial charge in [0.15, 0.2) is 0 Å². The first kappa shape index (κ1) is 8.48. The lowest BCUT2D eigenvalue weighted by molar-refractivity contribution is -0.0300. The summed E-state index contributed by atoms with van der Waals surface area (Å²) in [6.07, 6.45) is 2.90. The molecular weight excluding hydrogens is 154 g/mol. The first-order valence-electron chi connectivity index (χ1n) is 4.75. The number of aliphatic hydroxyl groups excluding tert-OH is 2. The first-order chi connectivity index (χ1) is 5.74. The number of aliphatic hydroxyl groups is 2. The van der Waals surface area contributed by atoms with E-state index < -0.39 is 0 Å². The van der Waals surface area contributed by atoms with Crippen LogP contribution in [0.5, 0.6) is 0 Å². The molecule has 3 heteroatoms. The summed E-state index contributed by atoms with van der Waals surface area (Å²) in [6.45, 7) is 0.128. The summed E-state index contributed by atoms with van der Waals surface area (Å²) in [5.74, 6) is 0.0914. The summed E-state index contributed by atoms with van der Waals surface area (Å²) in [4.78, 5) is 2.33. The van der Waals surface area contributed by atoms with Gasteiger partial charge in [0.1, 0.15) is 0 Å². The number of fused-ring (bicyclic) bond motifs is 2. The Morgan fingerprint density at radius 2 is 2.17 bits per heavy atom. The largest absolute Gasteiger partial charge is 0.396 e. The van der Waals surface area contributed by atoms with Gasteiger partial charge in [0.25, 0.3) is 0 Å². The summed E-state index contributed by atoms with van der Waals surface area (Å²) < 4.78 is 0. The van der Waals surface area contributed by atoms with Crippen molar-refractivity contribution in [2.75, 3.05) is 13.7 Å². The van der Waals surface area contributed by atoms with E-state index in [1.807, 2.05) is 0 Å². The molecule has 0 aliphatic carbocycles. The molecule has 4 atom stereocenters.